The highest BCUT2D eigenvalue weighted by Gasteiger charge is 2.37. The summed E-state index contributed by atoms with van der Waals surface area (Å²) in [5, 5.41) is 2.77. The van der Waals surface area contributed by atoms with Crippen molar-refractivity contribution < 1.29 is 17.9 Å². The molecule has 7 heteroatoms. The van der Waals surface area contributed by atoms with Crippen molar-refractivity contribution in [2.45, 2.75) is 13.0 Å². The zero-order valence-corrected chi connectivity index (χ0v) is 10.6. The van der Waals surface area contributed by atoms with E-state index in [4.69, 9.17) is 4.74 Å². The molecule has 0 unspecified atom stereocenters. The van der Waals surface area contributed by atoms with Gasteiger partial charge in [-0.25, -0.2) is 12.7 Å². The largest absolute Gasteiger partial charge is 0.383 e. The molecule has 0 saturated carbocycles. The highest BCUT2D eigenvalue weighted by molar-refractivity contribution is 7.88. The van der Waals surface area contributed by atoms with Gasteiger partial charge in [0.05, 0.1) is 18.8 Å². The van der Waals surface area contributed by atoms with Crippen LogP contribution in [0.15, 0.2) is 0 Å². The van der Waals surface area contributed by atoms with Gasteiger partial charge in [-0.05, 0) is 6.92 Å². The number of hydrogen-bond donors (Lipinski definition) is 1. The van der Waals surface area contributed by atoms with Gasteiger partial charge < -0.3 is 10.1 Å². The Kier molecular flexibility index (Phi) is 4.28. The Bertz CT molecular complexity index is 349. The Hall–Kier alpha value is -0.660. The topological polar surface area (TPSA) is 75.7 Å². The number of nitrogens with zero attached hydrogens (tertiary/aromatic N) is 1. The second kappa shape index (κ2) is 5.11. The smallest absolute Gasteiger partial charge is 0.226 e. The van der Waals surface area contributed by atoms with Crippen molar-refractivity contribution in [3.8, 4) is 0 Å². The minimum Gasteiger partial charge on any atom is -0.383 e. The van der Waals surface area contributed by atoms with E-state index in [2.05, 4.69) is 5.32 Å². The number of ether oxygens (including phenoxy) is 1. The summed E-state index contributed by atoms with van der Waals surface area (Å²) in [5.41, 5.74) is 0. The van der Waals surface area contributed by atoms with Gasteiger partial charge in [0.25, 0.3) is 0 Å². The van der Waals surface area contributed by atoms with Crippen molar-refractivity contribution in [2.75, 3.05) is 33.1 Å². The zero-order valence-electron chi connectivity index (χ0n) is 9.76. The van der Waals surface area contributed by atoms with E-state index < -0.39 is 10.0 Å². The molecule has 1 amide bonds. The van der Waals surface area contributed by atoms with Crippen LogP contribution in [0, 0.1) is 5.92 Å². The van der Waals surface area contributed by atoms with Gasteiger partial charge in [-0.1, -0.05) is 0 Å². The van der Waals surface area contributed by atoms with E-state index in [0.29, 0.717) is 6.61 Å². The fraction of sp³-hybridized carbons (Fsp3) is 0.889. The fourth-order valence-electron chi connectivity index (χ4n) is 1.53. The van der Waals surface area contributed by atoms with Crippen LogP contribution in [0.5, 0.6) is 0 Å². The third kappa shape index (κ3) is 3.43. The van der Waals surface area contributed by atoms with Crippen molar-refractivity contribution in [3.63, 3.8) is 0 Å². The Balaban J connectivity index is 2.32. The number of carbonyl (C=O) groups excluding carboxylic acids is 1. The third-order valence-electron chi connectivity index (χ3n) is 2.49. The quantitative estimate of drug-likeness (QED) is 0.681. The first kappa shape index (κ1) is 13.4. The van der Waals surface area contributed by atoms with Gasteiger partial charge in [0.15, 0.2) is 0 Å². The van der Waals surface area contributed by atoms with Gasteiger partial charge >= 0.3 is 0 Å². The minimum absolute atomic E-state index is 0.0511. The molecule has 94 valence electrons. The average Bonchev–Trinajstić information content (AvgIpc) is 1.97. The number of amides is 1. The lowest BCUT2D eigenvalue weighted by molar-refractivity contribution is -0.129. The Morgan fingerprint density at radius 1 is 1.56 bits per heavy atom. The van der Waals surface area contributed by atoms with E-state index in [0.717, 1.165) is 6.26 Å². The lowest BCUT2D eigenvalue weighted by Crippen LogP contribution is -2.56. The maximum atomic E-state index is 11.6. The first-order valence-corrected chi connectivity index (χ1v) is 6.94. The molecule has 0 aromatic heterocycles. The SMILES string of the molecule is COC[C@H](C)NC(=O)C1CN(S(C)(=O)=O)C1. The number of sulfonamides is 1. The molecule has 0 spiro atoms. The first-order chi connectivity index (χ1) is 7.34. The monoisotopic (exact) mass is 250 g/mol. The predicted molar refractivity (Wildman–Crippen MR) is 59.4 cm³/mol. The van der Waals surface area contributed by atoms with Crippen LogP contribution >= 0.6 is 0 Å². The molecule has 1 aliphatic heterocycles. The van der Waals surface area contributed by atoms with Crippen LogP contribution in [-0.4, -0.2) is 57.7 Å². The van der Waals surface area contributed by atoms with Gasteiger partial charge in [0.2, 0.25) is 15.9 Å². The van der Waals surface area contributed by atoms with Crippen LogP contribution in [0.2, 0.25) is 0 Å². The molecule has 0 bridgehead atoms. The maximum Gasteiger partial charge on any atom is 0.226 e. The Morgan fingerprint density at radius 3 is 2.56 bits per heavy atom. The van der Waals surface area contributed by atoms with Crippen LogP contribution in [0.3, 0.4) is 0 Å². The van der Waals surface area contributed by atoms with E-state index >= 15 is 0 Å². The van der Waals surface area contributed by atoms with Crippen LogP contribution in [0.1, 0.15) is 6.92 Å². The van der Waals surface area contributed by atoms with E-state index in [1.54, 1.807) is 7.11 Å². The molecule has 16 heavy (non-hydrogen) atoms. The third-order valence-corrected chi connectivity index (χ3v) is 3.73. The van der Waals surface area contributed by atoms with E-state index in [1.807, 2.05) is 6.92 Å². The highest BCUT2D eigenvalue weighted by Crippen LogP contribution is 2.18. The van der Waals surface area contributed by atoms with Crippen LogP contribution in [-0.2, 0) is 19.6 Å². The highest BCUT2D eigenvalue weighted by atomic mass is 32.2. The van der Waals surface area contributed by atoms with E-state index in [1.165, 1.54) is 4.31 Å². The normalized spacial score (nSPS) is 20.2. The minimum atomic E-state index is -3.14. The maximum absolute atomic E-state index is 11.6. The number of hydrogen-bond acceptors (Lipinski definition) is 4. The van der Waals surface area contributed by atoms with Crippen molar-refractivity contribution in [1.29, 1.82) is 0 Å². The first-order valence-electron chi connectivity index (χ1n) is 5.09. The lowest BCUT2D eigenvalue weighted by atomic mass is 10.0. The molecule has 0 aromatic carbocycles. The van der Waals surface area contributed by atoms with Gasteiger partial charge in [-0.15, -0.1) is 0 Å². The van der Waals surface area contributed by atoms with Crippen LogP contribution in [0.25, 0.3) is 0 Å². The zero-order chi connectivity index (χ0) is 12.3. The van der Waals surface area contributed by atoms with Crippen LogP contribution < -0.4 is 5.32 Å². The summed E-state index contributed by atoms with van der Waals surface area (Å²) in [4.78, 5) is 11.6. The van der Waals surface area contributed by atoms with E-state index in [-0.39, 0.29) is 31.0 Å². The second-order valence-corrected chi connectivity index (χ2v) is 6.12. The summed E-state index contributed by atoms with van der Waals surface area (Å²) >= 11 is 0. The fourth-order valence-corrected chi connectivity index (χ4v) is 2.43. The molecule has 0 aliphatic carbocycles. The number of nitrogens with one attached hydrogen (secondary N) is 1. The molecule has 1 heterocycles. The van der Waals surface area contributed by atoms with Crippen molar-refractivity contribution >= 4 is 15.9 Å². The number of rotatable bonds is 5. The molecule has 0 radical (unpaired) electrons. The molecular weight excluding hydrogens is 232 g/mol. The van der Waals surface area contributed by atoms with E-state index in [9.17, 15) is 13.2 Å². The molecule has 0 aromatic rings. The van der Waals surface area contributed by atoms with Crippen molar-refractivity contribution in [3.05, 3.63) is 0 Å². The second-order valence-electron chi connectivity index (χ2n) is 4.14. The molecule has 1 N–H and O–H groups in total. The summed E-state index contributed by atoms with van der Waals surface area (Å²) in [5.74, 6) is -0.335. The summed E-state index contributed by atoms with van der Waals surface area (Å²) < 4.78 is 28.3. The summed E-state index contributed by atoms with van der Waals surface area (Å²) in [6, 6.07) is -0.0511. The standard InChI is InChI=1S/C9H18N2O4S/c1-7(6-15-2)10-9(12)8-4-11(5-8)16(3,13)14/h7-8H,4-6H2,1-3H3,(H,10,12)/t7-/m0/s1. The Morgan fingerprint density at radius 2 is 2.12 bits per heavy atom. The molecule has 1 rings (SSSR count). The van der Waals surface area contributed by atoms with Crippen LogP contribution in [0.4, 0.5) is 0 Å². The van der Waals surface area contributed by atoms with Gasteiger partial charge in [0, 0.05) is 26.2 Å². The summed E-state index contributed by atoms with van der Waals surface area (Å²) in [7, 11) is -1.58. The molecule has 1 saturated heterocycles. The van der Waals surface area contributed by atoms with Crippen molar-refractivity contribution in [1.82, 2.24) is 9.62 Å². The molecule has 1 aliphatic rings. The lowest BCUT2D eigenvalue weighted by Gasteiger charge is -2.36. The summed E-state index contributed by atoms with van der Waals surface area (Å²) in [6.45, 7) is 2.86. The van der Waals surface area contributed by atoms with Gasteiger partial charge in [-0.2, -0.15) is 0 Å². The average molecular weight is 250 g/mol. The molecule has 1 fully saturated rings. The Labute approximate surface area is 96.0 Å². The summed E-state index contributed by atoms with van der Waals surface area (Å²) in [6.07, 6.45) is 1.15. The predicted octanol–water partition coefficient (Wildman–Crippen LogP) is -0.971. The number of carbonyl (C=O) groups is 1. The molecule has 6 nitrogen and oxygen atoms in total. The van der Waals surface area contributed by atoms with Gasteiger partial charge in [-0.3, -0.25) is 4.79 Å². The molecule has 1 atom stereocenters. The van der Waals surface area contributed by atoms with Crippen molar-refractivity contribution in [2.24, 2.45) is 5.92 Å². The number of methoxy groups -OCH3 is 1. The molecular formula is C9H18N2O4S. The van der Waals surface area contributed by atoms with Gasteiger partial charge in [0.1, 0.15) is 0 Å².